The number of aliphatic hydroxyl groups is 4. The van der Waals surface area contributed by atoms with Gasteiger partial charge in [0.15, 0.2) is 5.78 Å². The van der Waals surface area contributed by atoms with E-state index in [1.165, 1.54) is 0 Å². The second kappa shape index (κ2) is 14.2. The molecule has 11 heteroatoms. The average Bonchev–Trinajstić information content (AvgIpc) is 3.87. The van der Waals surface area contributed by atoms with Crippen LogP contribution >= 0.6 is 0 Å². The van der Waals surface area contributed by atoms with Crippen molar-refractivity contribution >= 4 is 11.7 Å². The third-order valence-corrected chi connectivity index (χ3v) is 16.6. The highest BCUT2D eigenvalue weighted by atomic mass is 16.5. The molecule has 3 saturated heterocycles. The lowest BCUT2D eigenvalue weighted by Gasteiger charge is -2.64. The molecule has 0 aromatic rings. The van der Waals surface area contributed by atoms with Crippen LogP contribution in [0.25, 0.3) is 0 Å². The van der Waals surface area contributed by atoms with Crippen molar-refractivity contribution in [3.63, 3.8) is 0 Å². The van der Waals surface area contributed by atoms with E-state index in [0.717, 1.165) is 82.9 Å². The summed E-state index contributed by atoms with van der Waals surface area (Å²) in [5, 5.41) is 52.9. The van der Waals surface area contributed by atoms with Crippen molar-refractivity contribution in [3.05, 3.63) is 11.6 Å². The Bertz CT molecular complexity index is 1430. The summed E-state index contributed by atoms with van der Waals surface area (Å²) in [5.41, 5.74) is -2.95. The molecular formula is C42H66N2O9. The van der Waals surface area contributed by atoms with Gasteiger partial charge in [-0.15, -0.1) is 0 Å². The highest BCUT2D eigenvalue weighted by Gasteiger charge is 2.73. The van der Waals surface area contributed by atoms with Crippen molar-refractivity contribution in [1.29, 1.82) is 0 Å². The summed E-state index contributed by atoms with van der Waals surface area (Å²) in [6.07, 6.45) is 9.81. The highest BCUT2D eigenvalue weighted by Crippen LogP contribution is 2.72. The van der Waals surface area contributed by atoms with Gasteiger partial charge in [-0.2, -0.15) is 0 Å². The van der Waals surface area contributed by atoms with Crippen molar-refractivity contribution < 1.29 is 44.2 Å². The van der Waals surface area contributed by atoms with Crippen molar-refractivity contribution in [1.82, 2.24) is 10.2 Å². The lowest BCUT2D eigenvalue weighted by Crippen LogP contribution is -2.66. The van der Waals surface area contributed by atoms with Gasteiger partial charge >= 0.3 is 0 Å². The maximum Gasteiger partial charge on any atom is 0.239 e. The van der Waals surface area contributed by atoms with Crippen LogP contribution in [0, 0.1) is 46.3 Å². The van der Waals surface area contributed by atoms with Crippen molar-refractivity contribution in [2.24, 2.45) is 46.3 Å². The average molecular weight is 743 g/mol. The quantitative estimate of drug-likeness (QED) is 0.166. The van der Waals surface area contributed by atoms with Crippen LogP contribution in [0.2, 0.25) is 0 Å². The molecule has 53 heavy (non-hydrogen) atoms. The van der Waals surface area contributed by atoms with Crippen LogP contribution < -0.4 is 5.32 Å². The molecule has 298 valence electrons. The van der Waals surface area contributed by atoms with E-state index in [1.54, 1.807) is 18.9 Å². The Morgan fingerprint density at radius 1 is 1.08 bits per heavy atom. The number of hydrogen-bond acceptors (Lipinski definition) is 10. The van der Waals surface area contributed by atoms with Gasteiger partial charge in [-0.05, 0) is 124 Å². The molecule has 3 aliphatic heterocycles. The summed E-state index contributed by atoms with van der Waals surface area (Å²) >= 11 is 0. The molecule has 0 unspecified atom stereocenters. The van der Waals surface area contributed by atoms with Gasteiger partial charge in [0, 0.05) is 44.7 Å². The van der Waals surface area contributed by atoms with Crippen LogP contribution in [0.4, 0.5) is 0 Å². The van der Waals surface area contributed by atoms with Crippen LogP contribution in [0.15, 0.2) is 11.6 Å². The molecule has 15 atom stereocenters. The van der Waals surface area contributed by atoms with Crippen molar-refractivity contribution in [2.75, 3.05) is 33.4 Å². The minimum Gasteiger partial charge on any atom is -0.387 e. The Balaban J connectivity index is 1.07. The number of fused-ring (bicyclic) bond motifs is 6. The monoisotopic (exact) mass is 742 g/mol. The summed E-state index contributed by atoms with van der Waals surface area (Å²) in [6.45, 7) is 8.79. The zero-order valence-corrected chi connectivity index (χ0v) is 32.5. The van der Waals surface area contributed by atoms with Crippen molar-refractivity contribution in [2.45, 2.75) is 159 Å². The third-order valence-electron chi connectivity index (χ3n) is 16.6. The molecule has 3 heterocycles. The number of methoxy groups -OCH3 is 1. The Kier molecular flexibility index (Phi) is 10.3. The minimum absolute atomic E-state index is 0.00374. The summed E-state index contributed by atoms with van der Waals surface area (Å²) in [5.74, 6) is -0.595. The molecule has 0 bridgehead atoms. The first-order valence-corrected chi connectivity index (χ1v) is 21.2. The number of allylic oxidation sites excluding steroid dienone is 1. The van der Waals surface area contributed by atoms with Crippen LogP contribution in [0.3, 0.4) is 0 Å². The number of nitrogens with one attached hydrogen (secondary N) is 1. The molecule has 8 rings (SSSR count). The number of ketones is 1. The second-order valence-electron chi connectivity index (χ2n) is 19.1. The number of piperidine rings is 1. The van der Waals surface area contributed by atoms with E-state index >= 15 is 0 Å². The fourth-order valence-electron chi connectivity index (χ4n) is 13.7. The third kappa shape index (κ3) is 6.03. The SMILES string of the molecule is COCCCO[C@H]1CC[C@@]2(C)[C@@H](C1)C(=O)C=C1[C@@H]2CC[C@]2(C3CCCCC3)[C@@H]([C@](C)(O)[C@H](O)[C@H]3O[C@@H]4[C@H](C[C@@H](C(=O)N5CC5)N[C@H]4O)[C@H]3C)CC[C@@]12O. The van der Waals surface area contributed by atoms with E-state index in [2.05, 4.69) is 12.2 Å². The molecule has 0 radical (unpaired) electrons. The van der Waals surface area contributed by atoms with E-state index < -0.39 is 53.1 Å². The topological polar surface area (TPSA) is 158 Å². The first-order chi connectivity index (χ1) is 25.3. The first-order valence-electron chi connectivity index (χ1n) is 21.2. The Morgan fingerprint density at radius 3 is 2.55 bits per heavy atom. The number of ether oxygens (including phenoxy) is 3. The molecule has 8 aliphatic rings. The number of amides is 1. The number of carbonyl (C=O) groups is 2. The predicted octanol–water partition coefficient (Wildman–Crippen LogP) is 3.50. The molecule has 5 N–H and O–H groups in total. The fraction of sp³-hybridized carbons (Fsp3) is 0.905. The first kappa shape index (κ1) is 38.4. The molecule has 0 aromatic heterocycles. The minimum atomic E-state index is -1.61. The molecule has 4 saturated carbocycles. The number of hydrogen-bond donors (Lipinski definition) is 5. The normalized spacial score (nSPS) is 47.1. The molecule has 0 spiro atoms. The highest BCUT2D eigenvalue weighted by molar-refractivity contribution is 5.95. The van der Waals surface area contributed by atoms with E-state index in [-0.39, 0.29) is 52.8 Å². The van der Waals surface area contributed by atoms with Gasteiger partial charge in [0.2, 0.25) is 5.91 Å². The molecule has 7 fully saturated rings. The fourth-order valence-corrected chi connectivity index (χ4v) is 13.7. The summed E-state index contributed by atoms with van der Waals surface area (Å²) in [4.78, 5) is 29.0. The second-order valence-corrected chi connectivity index (χ2v) is 19.1. The zero-order chi connectivity index (χ0) is 37.5. The molecule has 0 aromatic carbocycles. The molecule has 11 nitrogen and oxygen atoms in total. The standard InChI is InChI=1S/C42H66N2O9/c1-24-27-22-31(38(48)44-17-18-44)43-37(47)35(27)53-34(24)36(46)40(3,49)33-13-16-42(50)29-23-32(45)30-21-26(52-20-8-19-51-4)11-14-39(30,2)28(29)12-15-41(33,42)25-9-6-5-7-10-25/h23-28,30-31,33-37,43,46-47,49-50H,5-22H2,1-4H3/t24-,26+,27-,28+,30+,31+,33-,34+,35-,36-,37+,39-,40+,41+,42-/m1/s1. The summed E-state index contributed by atoms with van der Waals surface area (Å²) in [7, 11) is 1.70. The van der Waals surface area contributed by atoms with Crippen LogP contribution in [0.5, 0.6) is 0 Å². The Hall–Kier alpha value is -1.44. The number of rotatable bonds is 10. The largest absolute Gasteiger partial charge is 0.387 e. The number of nitrogens with zero attached hydrogens (tertiary/aromatic N) is 1. The van der Waals surface area contributed by atoms with E-state index in [1.807, 2.05) is 13.0 Å². The molecular weight excluding hydrogens is 676 g/mol. The van der Waals surface area contributed by atoms with Crippen LogP contribution in [-0.4, -0.2) is 118 Å². The van der Waals surface area contributed by atoms with Gasteiger partial charge in [-0.3, -0.25) is 14.9 Å². The van der Waals surface area contributed by atoms with E-state index in [9.17, 15) is 30.0 Å². The van der Waals surface area contributed by atoms with Gasteiger partial charge in [-0.25, -0.2) is 0 Å². The van der Waals surface area contributed by atoms with Gasteiger partial charge in [0.1, 0.15) is 18.4 Å². The lowest BCUT2D eigenvalue weighted by atomic mass is 9.42. The molecule has 5 aliphatic carbocycles. The van der Waals surface area contributed by atoms with Gasteiger partial charge in [0.05, 0.1) is 29.5 Å². The maximum atomic E-state index is 14.3. The van der Waals surface area contributed by atoms with Gasteiger partial charge in [-0.1, -0.05) is 33.1 Å². The van der Waals surface area contributed by atoms with Crippen molar-refractivity contribution in [3.8, 4) is 0 Å². The lowest BCUT2D eigenvalue weighted by molar-refractivity contribution is -0.220. The maximum absolute atomic E-state index is 14.3. The van der Waals surface area contributed by atoms with Crippen LogP contribution in [-0.2, 0) is 23.8 Å². The number of carbonyl (C=O) groups excluding carboxylic acids is 2. The van der Waals surface area contributed by atoms with Crippen LogP contribution in [0.1, 0.15) is 111 Å². The molecule has 1 amide bonds. The van der Waals surface area contributed by atoms with Gasteiger partial charge in [0.25, 0.3) is 0 Å². The van der Waals surface area contributed by atoms with E-state index in [0.29, 0.717) is 38.9 Å². The predicted molar refractivity (Wildman–Crippen MR) is 196 cm³/mol. The smallest absolute Gasteiger partial charge is 0.239 e. The Labute approximate surface area is 315 Å². The Morgan fingerprint density at radius 2 is 1.83 bits per heavy atom. The number of aliphatic hydroxyl groups excluding tert-OH is 2. The zero-order valence-electron chi connectivity index (χ0n) is 32.5. The summed E-state index contributed by atoms with van der Waals surface area (Å²) in [6, 6.07) is -0.498. The van der Waals surface area contributed by atoms with E-state index in [4.69, 9.17) is 14.2 Å². The van der Waals surface area contributed by atoms with Gasteiger partial charge < -0.3 is 39.5 Å². The summed E-state index contributed by atoms with van der Waals surface area (Å²) < 4.78 is 17.9.